The van der Waals surface area contributed by atoms with Gasteiger partial charge in [-0.1, -0.05) is 12.1 Å². The van der Waals surface area contributed by atoms with E-state index in [1.54, 1.807) is 18.2 Å². The van der Waals surface area contributed by atoms with E-state index in [9.17, 15) is 14.0 Å². The van der Waals surface area contributed by atoms with Gasteiger partial charge in [-0.15, -0.1) is 0 Å². The van der Waals surface area contributed by atoms with Crippen LogP contribution in [0.15, 0.2) is 36.5 Å². The number of fused-ring (bicyclic) bond motifs is 1. The van der Waals surface area contributed by atoms with E-state index in [0.717, 1.165) is 28.3 Å². The predicted octanol–water partition coefficient (Wildman–Crippen LogP) is 1.93. The van der Waals surface area contributed by atoms with Crippen LogP contribution in [0.4, 0.5) is 9.18 Å². The molecule has 2 aliphatic rings. The lowest BCUT2D eigenvalue weighted by Gasteiger charge is -2.22. The number of imidazole rings is 1. The van der Waals surface area contributed by atoms with Gasteiger partial charge < -0.3 is 5.32 Å². The molecular formula is C20H15FN6O2. The highest BCUT2D eigenvalue weighted by Gasteiger charge is 2.42. The summed E-state index contributed by atoms with van der Waals surface area (Å²) in [5.41, 5.74) is 3.32. The molecule has 144 valence electrons. The topological polar surface area (TPSA) is 112 Å². The molecular weight excluding hydrogens is 375 g/mol. The Bertz CT molecular complexity index is 1200. The summed E-state index contributed by atoms with van der Waals surface area (Å²) in [5, 5.41) is 18.0. The number of carbonyl (C=O) groups is 2. The Morgan fingerprint density at radius 1 is 1.21 bits per heavy atom. The van der Waals surface area contributed by atoms with Crippen LogP contribution in [0.25, 0.3) is 5.65 Å². The molecule has 2 fully saturated rings. The molecule has 29 heavy (non-hydrogen) atoms. The zero-order valence-electron chi connectivity index (χ0n) is 15.1. The van der Waals surface area contributed by atoms with E-state index in [1.807, 2.05) is 12.1 Å². The third-order valence-electron chi connectivity index (χ3n) is 5.51. The Kier molecular flexibility index (Phi) is 3.81. The highest BCUT2D eigenvalue weighted by molar-refractivity contribution is 6.00. The van der Waals surface area contributed by atoms with Gasteiger partial charge in [0.1, 0.15) is 0 Å². The van der Waals surface area contributed by atoms with E-state index in [1.165, 1.54) is 0 Å². The normalized spacial score (nSPS) is 23.4. The number of hydrogen-bond acceptors (Lipinski definition) is 5. The summed E-state index contributed by atoms with van der Waals surface area (Å²) in [5.74, 6) is -1.45. The lowest BCUT2D eigenvalue weighted by Crippen LogP contribution is -2.51. The van der Waals surface area contributed by atoms with Gasteiger partial charge in [0.2, 0.25) is 11.9 Å². The summed E-state index contributed by atoms with van der Waals surface area (Å²) in [6.07, 6.45) is 1.96. The number of benzene rings is 1. The molecule has 1 unspecified atom stereocenters. The minimum atomic E-state index is -0.704. The van der Waals surface area contributed by atoms with Crippen LogP contribution in [-0.4, -0.2) is 33.1 Å². The Morgan fingerprint density at radius 3 is 2.72 bits per heavy atom. The molecule has 5 rings (SSSR count). The molecule has 3 heterocycles. The van der Waals surface area contributed by atoms with E-state index in [0.29, 0.717) is 16.9 Å². The Hall–Kier alpha value is -3.80. The first-order valence-electron chi connectivity index (χ1n) is 9.18. The molecule has 3 aromatic rings. The lowest BCUT2D eigenvalue weighted by molar-refractivity contribution is -0.122. The molecule has 3 atom stereocenters. The molecule has 8 nitrogen and oxygen atoms in total. The molecule has 2 aromatic heterocycles. The zero-order chi connectivity index (χ0) is 20.1. The van der Waals surface area contributed by atoms with Crippen molar-refractivity contribution in [3.63, 3.8) is 0 Å². The van der Waals surface area contributed by atoms with Gasteiger partial charge >= 0.3 is 6.03 Å². The minimum Gasteiger partial charge on any atom is -0.337 e. The first-order valence-corrected chi connectivity index (χ1v) is 9.18. The van der Waals surface area contributed by atoms with Crippen molar-refractivity contribution < 1.29 is 14.0 Å². The van der Waals surface area contributed by atoms with Gasteiger partial charge in [-0.05, 0) is 42.0 Å². The van der Waals surface area contributed by atoms with Crippen molar-refractivity contribution in [1.29, 1.82) is 5.26 Å². The molecule has 1 saturated heterocycles. The maximum atomic E-state index is 14.3. The average molecular weight is 390 g/mol. The van der Waals surface area contributed by atoms with Gasteiger partial charge in [0, 0.05) is 12.1 Å². The summed E-state index contributed by atoms with van der Waals surface area (Å²) in [4.78, 5) is 27.8. The van der Waals surface area contributed by atoms with Crippen LogP contribution in [0.3, 0.4) is 0 Å². The van der Waals surface area contributed by atoms with Gasteiger partial charge in [0.25, 0.3) is 0 Å². The number of urea groups is 1. The molecule has 0 spiro atoms. The summed E-state index contributed by atoms with van der Waals surface area (Å²) >= 11 is 0. The number of hydrogen-bond donors (Lipinski definition) is 2. The number of nitrogens with one attached hydrogen (secondary N) is 2. The number of aromatic nitrogens is 3. The highest BCUT2D eigenvalue weighted by atomic mass is 19.1. The summed E-state index contributed by atoms with van der Waals surface area (Å²) in [7, 11) is 0. The van der Waals surface area contributed by atoms with Crippen LogP contribution in [-0.2, 0) is 4.79 Å². The minimum absolute atomic E-state index is 0.0998. The standard InChI is InChI=1S/C20H15FN6O2/c21-17-9-23-18-14(13-5-12(13)11-3-1-10(7-22)2-4-11)6-16(26-27(17)18)15-8-24-20(29)25-19(15)28/h1-4,6,9,12-13,15H,5,8H2,(H2,24,25,28,29)/t12-,13+,15?/m1/s1. The van der Waals surface area contributed by atoms with E-state index >= 15 is 0 Å². The maximum absolute atomic E-state index is 14.3. The number of nitriles is 1. The second-order valence-corrected chi connectivity index (χ2v) is 7.28. The van der Waals surface area contributed by atoms with E-state index < -0.39 is 23.8 Å². The van der Waals surface area contributed by atoms with Crippen LogP contribution in [0.2, 0.25) is 0 Å². The van der Waals surface area contributed by atoms with Gasteiger partial charge in [-0.25, -0.2) is 9.78 Å². The number of amides is 3. The molecule has 0 radical (unpaired) electrons. The van der Waals surface area contributed by atoms with Crippen molar-refractivity contribution in [1.82, 2.24) is 25.2 Å². The van der Waals surface area contributed by atoms with Crippen molar-refractivity contribution in [2.24, 2.45) is 0 Å². The number of carbonyl (C=O) groups excluding carboxylic acids is 2. The van der Waals surface area contributed by atoms with E-state index in [-0.39, 0.29) is 18.4 Å². The van der Waals surface area contributed by atoms with Gasteiger partial charge in [0.05, 0.1) is 29.4 Å². The van der Waals surface area contributed by atoms with Crippen molar-refractivity contribution in [2.75, 3.05) is 6.54 Å². The molecule has 3 amide bonds. The zero-order valence-corrected chi connectivity index (χ0v) is 15.1. The molecule has 9 heteroatoms. The van der Waals surface area contributed by atoms with Gasteiger partial charge in [-0.2, -0.15) is 19.3 Å². The van der Waals surface area contributed by atoms with E-state index in [2.05, 4.69) is 26.8 Å². The number of rotatable bonds is 3. The smallest absolute Gasteiger partial charge is 0.321 e. The summed E-state index contributed by atoms with van der Waals surface area (Å²) in [6, 6.07) is 10.8. The van der Waals surface area contributed by atoms with Crippen molar-refractivity contribution in [2.45, 2.75) is 24.2 Å². The molecule has 1 aliphatic heterocycles. The van der Waals surface area contributed by atoms with Crippen LogP contribution in [0.1, 0.15) is 46.6 Å². The fraction of sp³-hybridized carbons (Fsp3) is 0.250. The average Bonchev–Trinajstić information content (AvgIpc) is 3.44. The second kappa shape index (κ2) is 6.38. The fourth-order valence-electron chi connectivity index (χ4n) is 3.91. The monoisotopic (exact) mass is 390 g/mol. The highest BCUT2D eigenvalue weighted by Crippen LogP contribution is 2.55. The number of nitrogens with zero attached hydrogens (tertiary/aromatic N) is 4. The third kappa shape index (κ3) is 2.89. The van der Waals surface area contributed by atoms with E-state index in [4.69, 9.17) is 5.26 Å². The maximum Gasteiger partial charge on any atom is 0.321 e. The van der Waals surface area contributed by atoms with Crippen LogP contribution in [0, 0.1) is 17.3 Å². The lowest BCUT2D eigenvalue weighted by atomic mass is 9.99. The first kappa shape index (κ1) is 17.3. The molecule has 1 aromatic carbocycles. The number of imide groups is 1. The predicted molar refractivity (Wildman–Crippen MR) is 98.5 cm³/mol. The van der Waals surface area contributed by atoms with Crippen molar-refractivity contribution in [3.05, 3.63) is 64.9 Å². The van der Waals surface area contributed by atoms with Crippen molar-refractivity contribution in [3.8, 4) is 6.07 Å². The Balaban J connectivity index is 1.53. The molecule has 0 bridgehead atoms. The molecule has 2 N–H and O–H groups in total. The van der Waals surface area contributed by atoms with Crippen LogP contribution < -0.4 is 10.6 Å². The summed E-state index contributed by atoms with van der Waals surface area (Å²) in [6.45, 7) is 0.0998. The van der Waals surface area contributed by atoms with Gasteiger partial charge in [0.15, 0.2) is 5.65 Å². The molecule has 1 saturated carbocycles. The fourth-order valence-corrected chi connectivity index (χ4v) is 3.91. The summed E-state index contributed by atoms with van der Waals surface area (Å²) < 4.78 is 15.4. The quantitative estimate of drug-likeness (QED) is 0.710. The Morgan fingerprint density at radius 2 is 2.00 bits per heavy atom. The van der Waals surface area contributed by atoms with Crippen LogP contribution in [0.5, 0.6) is 0 Å². The first-order chi connectivity index (χ1) is 14.0. The van der Waals surface area contributed by atoms with Gasteiger partial charge in [-0.3, -0.25) is 10.1 Å². The van der Waals surface area contributed by atoms with Crippen molar-refractivity contribution >= 4 is 17.6 Å². The Labute approximate surface area is 164 Å². The second-order valence-electron chi connectivity index (χ2n) is 7.28. The SMILES string of the molecule is N#Cc1ccc([C@H]2C[C@@H]2c2cc(C3CNC(=O)NC3=O)nn3c(F)cnc23)cc1. The van der Waals surface area contributed by atoms with Crippen LogP contribution >= 0.6 is 0 Å². The largest absolute Gasteiger partial charge is 0.337 e. The number of halogens is 1. The third-order valence-corrected chi connectivity index (χ3v) is 5.51. The molecule has 1 aliphatic carbocycles.